The standard InChI is InChI=1S/C21H22ClN3O2/c1-24-12-14-25(15-13-24)21(27)18-4-2-3-5-19(18)23-20(26)11-8-16-6-9-17(22)10-7-16/h2-11H,12-15H2,1H3,(H,23,26)/b11-8+. The molecule has 6 heteroatoms. The Morgan fingerprint density at radius 1 is 1.00 bits per heavy atom. The van der Waals surface area contributed by atoms with Crippen molar-refractivity contribution >= 4 is 35.2 Å². The summed E-state index contributed by atoms with van der Waals surface area (Å²) >= 11 is 5.86. The highest BCUT2D eigenvalue weighted by molar-refractivity contribution is 6.30. The Balaban J connectivity index is 1.69. The molecule has 140 valence electrons. The molecular formula is C21H22ClN3O2. The maximum Gasteiger partial charge on any atom is 0.256 e. The van der Waals surface area contributed by atoms with Gasteiger partial charge in [0.15, 0.2) is 0 Å². The molecule has 0 aliphatic carbocycles. The van der Waals surface area contributed by atoms with Crippen molar-refractivity contribution in [1.29, 1.82) is 0 Å². The molecule has 0 bridgehead atoms. The molecule has 1 fully saturated rings. The van der Waals surface area contributed by atoms with Gasteiger partial charge in [-0.15, -0.1) is 0 Å². The van der Waals surface area contributed by atoms with Crippen LogP contribution in [0, 0.1) is 0 Å². The van der Waals surface area contributed by atoms with Crippen LogP contribution in [0.4, 0.5) is 5.69 Å². The van der Waals surface area contributed by atoms with Gasteiger partial charge in [0.1, 0.15) is 0 Å². The number of hydrogen-bond donors (Lipinski definition) is 1. The molecule has 3 rings (SSSR count). The van der Waals surface area contributed by atoms with Crippen LogP contribution < -0.4 is 5.32 Å². The van der Waals surface area contributed by atoms with Crippen molar-refractivity contribution < 1.29 is 9.59 Å². The lowest BCUT2D eigenvalue weighted by atomic mass is 10.1. The number of amides is 2. The minimum absolute atomic E-state index is 0.0549. The van der Waals surface area contributed by atoms with E-state index in [1.54, 1.807) is 36.4 Å². The van der Waals surface area contributed by atoms with Crippen LogP contribution in [0.2, 0.25) is 5.02 Å². The number of carbonyl (C=O) groups is 2. The Bertz CT molecular complexity index is 841. The lowest BCUT2D eigenvalue weighted by Gasteiger charge is -2.32. The fourth-order valence-electron chi connectivity index (χ4n) is 2.88. The predicted octanol–water partition coefficient (Wildman–Crippen LogP) is 3.38. The van der Waals surface area contributed by atoms with Crippen LogP contribution in [0.3, 0.4) is 0 Å². The van der Waals surface area contributed by atoms with Crippen molar-refractivity contribution in [2.45, 2.75) is 0 Å². The summed E-state index contributed by atoms with van der Waals surface area (Å²) < 4.78 is 0. The van der Waals surface area contributed by atoms with Crippen LogP contribution in [0.15, 0.2) is 54.6 Å². The van der Waals surface area contributed by atoms with E-state index >= 15 is 0 Å². The zero-order valence-corrected chi connectivity index (χ0v) is 15.9. The summed E-state index contributed by atoms with van der Waals surface area (Å²) in [5, 5.41) is 3.46. The summed E-state index contributed by atoms with van der Waals surface area (Å²) in [5.74, 6) is -0.343. The monoisotopic (exact) mass is 383 g/mol. The molecule has 1 N–H and O–H groups in total. The second-order valence-electron chi connectivity index (χ2n) is 6.52. The molecule has 0 radical (unpaired) electrons. The van der Waals surface area contributed by atoms with Crippen molar-refractivity contribution in [2.75, 3.05) is 38.5 Å². The van der Waals surface area contributed by atoms with E-state index in [-0.39, 0.29) is 11.8 Å². The Morgan fingerprint density at radius 2 is 1.67 bits per heavy atom. The zero-order chi connectivity index (χ0) is 19.2. The fraction of sp³-hybridized carbons (Fsp3) is 0.238. The van der Waals surface area contributed by atoms with E-state index in [1.807, 2.05) is 30.1 Å². The molecule has 0 unspecified atom stereocenters. The van der Waals surface area contributed by atoms with Gasteiger partial charge < -0.3 is 15.1 Å². The number of hydrogen-bond acceptors (Lipinski definition) is 3. The first-order valence-corrected chi connectivity index (χ1v) is 9.22. The van der Waals surface area contributed by atoms with Gasteiger partial charge in [0.25, 0.3) is 5.91 Å². The third-order valence-electron chi connectivity index (χ3n) is 4.50. The molecule has 0 spiro atoms. The van der Waals surface area contributed by atoms with E-state index in [9.17, 15) is 9.59 Å². The number of halogens is 1. The Hall–Kier alpha value is -2.63. The molecule has 2 aromatic rings. The quantitative estimate of drug-likeness (QED) is 0.823. The molecule has 1 aliphatic rings. The number of piperazine rings is 1. The van der Waals surface area contributed by atoms with E-state index in [1.165, 1.54) is 6.08 Å². The topological polar surface area (TPSA) is 52.6 Å². The van der Waals surface area contributed by atoms with Crippen molar-refractivity contribution in [3.8, 4) is 0 Å². The average Bonchev–Trinajstić information content (AvgIpc) is 2.68. The van der Waals surface area contributed by atoms with E-state index in [2.05, 4.69) is 10.2 Å². The summed E-state index contributed by atoms with van der Waals surface area (Å²) in [4.78, 5) is 29.2. The highest BCUT2D eigenvalue weighted by atomic mass is 35.5. The summed E-state index contributed by atoms with van der Waals surface area (Å²) in [6, 6.07) is 14.3. The normalized spacial score (nSPS) is 15.1. The number of anilines is 1. The molecule has 1 heterocycles. The van der Waals surface area contributed by atoms with E-state index < -0.39 is 0 Å². The van der Waals surface area contributed by atoms with Crippen molar-refractivity contribution in [3.63, 3.8) is 0 Å². The molecule has 0 saturated carbocycles. The lowest BCUT2D eigenvalue weighted by Crippen LogP contribution is -2.47. The largest absolute Gasteiger partial charge is 0.336 e. The first-order valence-electron chi connectivity index (χ1n) is 8.84. The lowest BCUT2D eigenvalue weighted by molar-refractivity contribution is -0.111. The van der Waals surface area contributed by atoms with Crippen LogP contribution in [0.25, 0.3) is 6.08 Å². The summed E-state index contributed by atoms with van der Waals surface area (Å²) in [6.07, 6.45) is 3.15. The molecule has 2 aromatic carbocycles. The third kappa shape index (κ3) is 5.18. The van der Waals surface area contributed by atoms with Crippen LogP contribution in [0.1, 0.15) is 15.9 Å². The van der Waals surface area contributed by atoms with Gasteiger partial charge in [-0.2, -0.15) is 0 Å². The molecule has 5 nitrogen and oxygen atoms in total. The number of likely N-dealkylation sites (N-methyl/N-ethyl adjacent to an activating group) is 1. The zero-order valence-electron chi connectivity index (χ0n) is 15.2. The number of carbonyl (C=O) groups excluding carboxylic acids is 2. The van der Waals surface area contributed by atoms with Crippen molar-refractivity contribution in [1.82, 2.24) is 9.80 Å². The third-order valence-corrected chi connectivity index (χ3v) is 4.75. The first kappa shape index (κ1) is 19.1. The Kier molecular flexibility index (Phi) is 6.27. The van der Waals surface area contributed by atoms with Crippen LogP contribution >= 0.6 is 11.6 Å². The maximum absolute atomic E-state index is 12.8. The van der Waals surface area contributed by atoms with Gasteiger partial charge >= 0.3 is 0 Å². The smallest absolute Gasteiger partial charge is 0.256 e. The second-order valence-corrected chi connectivity index (χ2v) is 6.95. The Labute approximate surface area is 164 Å². The number of nitrogens with one attached hydrogen (secondary N) is 1. The fourth-order valence-corrected chi connectivity index (χ4v) is 3.00. The average molecular weight is 384 g/mol. The number of nitrogens with zero attached hydrogens (tertiary/aromatic N) is 2. The minimum Gasteiger partial charge on any atom is -0.336 e. The first-order chi connectivity index (χ1) is 13.0. The van der Waals surface area contributed by atoms with Crippen LogP contribution in [0.5, 0.6) is 0 Å². The summed E-state index contributed by atoms with van der Waals surface area (Å²) in [6.45, 7) is 3.08. The van der Waals surface area contributed by atoms with Gasteiger partial charge in [-0.25, -0.2) is 0 Å². The van der Waals surface area contributed by atoms with Gasteiger partial charge in [0.05, 0.1) is 11.3 Å². The van der Waals surface area contributed by atoms with Gasteiger partial charge in [-0.1, -0.05) is 35.9 Å². The van der Waals surface area contributed by atoms with E-state index in [0.29, 0.717) is 29.4 Å². The van der Waals surface area contributed by atoms with Gasteiger partial charge in [0, 0.05) is 37.3 Å². The maximum atomic E-state index is 12.8. The van der Waals surface area contributed by atoms with Gasteiger partial charge in [-0.3, -0.25) is 9.59 Å². The van der Waals surface area contributed by atoms with Crippen LogP contribution in [-0.2, 0) is 4.79 Å². The summed E-state index contributed by atoms with van der Waals surface area (Å²) in [7, 11) is 2.04. The molecule has 1 saturated heterocycles. The highest BCUT2D eigenvalue weighted by Crippen LogP contribution is 2.18. The molecule has 2 amide bonds. The molecule has 0 atom stereocenters. The van der Waals surface area contributed by atoms with Gasteiger partial charge in [0.2, 0.25) is 5.91 Å². The van der Waals surface area contributed by atoms with Gasteiger partial charge in [-0.05, 0) is 43.0 Å². The minimum atomic E-state index is -0.288. The number of benzene rings is 2. The van der Waals surface area contributed by atoms with E-state index in [4.69, 9.17) is 11.6 Å². The molecular weight excluding hydrogens is 362 g/mol. The predicted molar refractivity (Wildman–Crippen MR) is 109 cm³/mol. The van der Waals surface area contributed by atoms with Crippen molar-refractivity contribution in [3.05, 3.63) is 70.8 Å². The number of para-hydroxylation sites is 1. The van der Waals surface area contributed by atoms with Crippen molar-refractivity contribution in [2.24, 2.45) is 0 Å². The number of rotatable bonds is 4. The second kappa shape index (κ2) is 8.84. The summed E-state index contributed by atoms with van der Waals surface area (Å²) in [5.41, 5.74) is 1.90. The van der Waals surface area contributed by atoms with E-state index in [0.717, 1.165) is 18.7 Å². The SMILES string of the molecule is CN1CCN(C(=O)c2ccccc2NC(=O)/C=C/c2ccc(Cl)cc2)CC1. The Morgan fingerprint density at radius 3 is 2.37 bits per heavy atom. The molecule has 1 aliphatic heterocycles. The van der Waals surface area contributed by atoms with Crippen LogP contribution in [-0.4, -0.2) is 54.8 Å². The molecule has 0 aromatic heterocycles. The highest BCUT2D eigenvalue weighted by Gasteiger charge is 2.22. The molecule has 27 heavy (non-hydrogen) atoms.